The van der Waals surface area contributed by atoms with E-state index in [9.17, 15) is 4.79 Å². The number of nitrogens with one attached hydrogen (secondary N) is 1. The zero-order valence-corrected chi connectivity index (χ0v) is 18.9. The van der Waals surface area contributed by atoms with Gasteiger partial charge in [0.25, 0.3) is 0 Å². The molecule has 1 amide bonds. The highest BCUT2D eigenvalue weighted by molar-refractivity contribution is 6.04. The van der Waals surface area contributed by atoms with Crippen molar-refractivity contribution in [1.29, 1.82) is 0 Å². The molecule has 10 nitrogen and oxygen atoms in total. The molecule has 1 saturated carbocycles. The zero-order valence-electron chi connectivity index (χ0n) is 18.9. The maximum absolute atomic E-state index is 13.0. The molecule has 0 spiro atoms. The fraction of sp³-hybridized carbons (Fsp3) is 0.417. The number of carbonyl (C=O) groups excluding carboxylic acids is 1. The van der Waals surface area contributed by atoms with Gasteiger partial charge in [-0.25, -0.2) is 0 Å². The molecule has 2 aromatic carbocycles. The molecule has 3 heterocycles. The Morgan fingerprint density at radius 1 is 1.09 bits per heavy atom. The van der Waals surface area contributed by atoms with Crippen LogP contribution in [0.1, 0.15) is 25.6 Å². The lowest BCUT2D eigenvalue weighted by Gasteiger charge is -2.51. The lowest BCUT2D eigenvalue weighted by Crippen LogP contribution is -2.70. The van der Waals surface area contributed by atoms with Gasteiger partial charge in [0.05, 0.1) is 23.9 Å². The lowest BCUT2D eigenvalue weighted by atomic mass is 9.72. The van der Waals surface area contributed by atoms with Crippen molar-refractivity contribution in [2.24, 2.45) is 0 Å². The Hall–Kier alpha value is -3.50. The summed E-state index contributed by atoms with van der Waals surface area (Å²) in [5, 5.41) is 16.2. The summed E-state index contributed by atoms with van der Waals surface area (Å²) in [5.74, 6) is 2.08. The smallest absolute Gasteiger partial charge is 0.246 e. The Kier molecular flexibility index (Phi) is 5.19. The van der Waals surface area contributed by atoms with Gasteiger partial charge in [-0.2, -0.15) is 4.68 Å². The van der Waals surface area contributed by atoms with Crippen molar-refractivity contribution >= 4 is 11.6 Å². The van der Waals surface area contributed by atoms with E-state index in [2.05, 4.69) is 20.8 Å². The first-order chi connectivity index (χ1) is 16.7. The van der Waals surface area contributed by atoms with Gasteiger partial charge in [0, 0.05) is 18.4 Å². The lowest BCUT2D eigenvalue weighted by molar-refractivity contribution is -0.128. The highest BCUT2D eigenvalue weighted by atomic mass is 16.6. The first-order valence-electron chi connectivity index (χ1n) is 11.6. The quantitative estimate of drug-likeness (QED) is 0.531. The number of hydrogen-bond donors (Lipinski definition) is 1. The monoisotopic (exact) mass is 462 g/mol. The molecule has 3 aliphatic rings. The van der Waals surface area contributed by atoms with E-state index < -0.39 is 5.54 Å². The van der Waals surface area contributed by atoms with Crippen molar-refractivity contribution in [3.63, 3.8) is 0 Å². The third-order valence-corrected chi connectivity index (χ3v) is 6.67. The minimum Gasteiger partial charge on any atom is -0.486 e. The number of aromatic nitrogens is 4. The average molecular weight is 463 g/mol. The predicted molar refractivity (Wildman–Crippen MR) is 122 cm³/mol. The summed E-state index contributed by atoms with van der Waals surface area (Å²) in [7, 11) is 0. The number of β-lactam (4-membered cyclic amide) rings is 1. The Balaban J connectivity index is 1.27. The third kappa shape index (κ3) is 3.50. The van der Waals surface area contributed by atoms with Crippen molar-refractivity contribution in [1.82, 2.24) is 25.5 Å². The van der Waals surface area contributed by atoms with E-state index in [1.807, 2.05) is 55.5 Å². The molecular formula is C24H26N6O4. The van der Waals surface area contributed by atoms with Crippen molar-refractivity contribution in [2.45, 2.75) is 37.5 Å². The number of fused-ring (bicyclic) bond motifs is 1. The molecule has 1 atom stereocenters. The van der Waals surface area contributed by atoms with Crippen molar-refractivity contribution < 1.29 is 19.0 Å². The van der Waals surface area contributed by atoms with Gasteiger partial charge in [0.15, 0.2) is 17.3 Å². The standard InChI is InChI=1S/C24H26N6O4/c1-2-32-18-13-24(14-18,25-19-15-29(22(19)31)16-6-4-3-5-7-16)23-26-27-28-30(23)17-8-9-20-21(12-17)34-11-10-33-20/h3-9,12,18-19,25H,2,10-11,13-15H2,1H3. The number of anilines is 1. The summed E-state index contributed by atoms with van der Waals surface area (Å²) in [4.78, 5) is 14.8. The van der Waals surface area contributed by atoms with Crippen LogP contribution in [0.15, 0.2) is 48.5 Å². The van der Waals surface area contributed by atoms with E-state index in [1.165, 1.54) is 0 Å². The molecule has 1 aromatic heterocycles. The molecule has 1 saturated heterocycles. The number of hydrogen-bond acceptors (Lipinski definition) is 8. The van der Waals surface area contributed by atoms with Crippen LogP contribution in [0.2, 0.25) is 0 Å². The van der Waals surface area contributed by atoms with Gasteiger partial charge in [-0.3, -0.25) is 10.1 Å². The molecule has 34 heavy (non-hydrogen) atoms. The number of ether oxygens (including phenoxy) is 3. The highest BCUT2D eigenvalue weighted by Crippen LogP contribution is 2.44. The maximum atomic E-state index is 13.0. The number of amides is 1. The van der Waals surface area contributed by atoms with E-state index >= 15 is 0 Å². The fourth-order valence-corrected chi connectivity index (χ4v) is 4.97. The normalized spacial score (nSPS) is 25.6. The SMILES string of the molecule is CCOC1CC(NC2CN(c3ccccc3)C2=O)(c2nnnn2-c2ccc3c(c2)OCCO3)C1. The highest BCUT2D eigenvalue weighted by Gasteiger charge is 2.54. The number of para-hydroxylation sites is 1. The first-order valence-corrected chi connectivity index (χ1v) is 11.6. The van der Waals surface area contributed by atoms with Crippen LogP contribution in [0.3, 0.4) is 0 Å². The number of nitrogens with zero attached hydrogens (tertiary/aromatic N) is 5. The van der Waals surface area contributed by atoms with E-state index in [0.717, 1.165) is 11.4 Å². The Morgan fingerprint density at radius 3 is 2.65 bits per heavy atom. The molecule has 1 unspecified atom stereocenters. The largest absolute Gasteiger partial charge is 0.486 e. The maximum Gasteiger partial charge on any atom is 0.246 e. The Bertz CT molecular complexity index is 1190. The number of tetrazole rings is 1. The molecule has 0 radical (unpaired) electrons. The molecule has 3 aromatic rings. The zero-order chi connectivity index (χ0) is 23.1. The van der Waals surface area contributed by atoms with Crippen LogP contribution in [-0.4, -0.2) is 64.6 Å². The van der Waals surface area contributed by atoms with E-state index in [4.69, 9.17) is 14.2 Å². The second-order valence-electron chi connectivity index (χ2n) is 8.79. The molecule has 2 aliphatic heterocycles. The molecule has 0 bridgehead atoms. The van der Waals surface area contributed by atoms with Crippen LogP contribution in [0.25, 0.3) is 5.69 Å². The van der Waals surface area contributed by atoms with Gasteiger partial charge in [0.1, 0.15) is 19.3 Å². The summed E-state index contributed by atoms with van der Waals surface area (Å²) >= 11 is 0. The van der Waals surface area contributed by atoms with Crippen LogP contribution >= 0.6 is 0 Å². The molecule has 1 aliphatic carbocycles. The van der Waals surface area contributed by atoms with Gasteiger partial charge in [-0.15, -0.1) is 5.10 Å². The van der Waals surface area contributed by atoms with Gasteiger partial charge in [0.2, 0.25) is 5.91 Å². The molecule has 2 fully saturated rings. The van der Waals surface area contributed by atoms with Crippen LogP contribution in [0.4, 0.5) is 5.69 Å². The fourth-order valence-electron chi connectivity index (χ4n) is 4.97. The summed E-state index contributed by atoms with van der Waals surface area (Å²) < 4.78 is 19.0. The van der Waals surface area contributed by atoms with E-state index in [-0.39, 0.29) is 18.1 Å². The third-order valence-electron chi connectivity index (χ3n) is 6.67. The Labute approximate surface area is 196 Å². The van der Waals surface area contributed by atoms with Gasteiger partial charge in [-0.05, 0) is 54.5 Å². The second kappa shape index (κ2) is 8.37. The summed E-state index contributed by atoms with van der Waals surface area (Å²) in [6.45, 7) is 4.25. The van der Waals surface area contributed by atoms with Crippen molar-refractivity contribution in [3.05, 3.63) is 54.4 Å². The second-order valence-corrected chi connectivity index (χ2v) is 8.79. The van der Waals surface area contributed by atoms with E-state index in [0.29, 0.717) is 56.5 Å². The summed E-state index contributed by atoms with van der Waals surface area (Å²) in [6, 6.07) is 15.0. The molecule has 176 valence electrons. The summed E-state index contributed by atoms with van der Waals surface area (Å²) in [6.07, 6.45) is 1.45. The van der Waals surface area contributed by atoms with E-state index in [1.54, 1.807) is 9.58 Å². The molecular weight excluding hydrogens is 436 g/mol. The Morgan fingerprint density at radius 2 is 1.88 bits per heavy atom. The van der Waals surface area contributed by atoms with Crippen molar-refractivity contribution in [2.75, 3.05) is 31.3 Å². The van der Waals surface area contributed by atoms with Gasteiger partial charge in [-0.1, -0.05) is 18.2 Å². The average Bonchev–Trinajstić information content (AvgIpc) is 3.35. The molecule has 10 heteroatoms. The topological polar surface area (TPSA) is 104 Å². The number of carbonyl (C=O) groups is 1. The minimum atomic E-state index is -0.570. The number of benzene rings is 2. The van der Waals surface area contributed by atoms with Crippen LogP contribution in [-0.2, 0) is 15.1 Å². The first kappa shape index (κ1) is 21.1. The van der Waals surface area contributed by atoms with Gasteiger partial charge < -0.3 is 19.1 Å². The van der Waals surface area contributed by atoms with Crippen LogP contribution in [0.5, 0.6) is 11.5 Å². The van der Waals surface area contributed by atoms with Gasteiger partial charge >= 0.3 is 0 Å². The van der Waals surface area contributed by atoms with Crippen LogP contribution in [0, 0.1) is 0 Å². The summed E-state index contributed by atoms with van der Waals surface area (Å²) in [5.41, 5.74) is 1.11. The van der Waals surface area contributed by atoms with Crippen LogP contribution < -0.4 is 19.7 Å². The molecule has 6 rings (SSSR count). The molecule has 1 N–H and O–H groups in total. The predicted octanol–water partition coefficient (Wildman–Crippen LogP) is 1.83. The minimum absolute atomic E-state index is 0.0452. The number of rotatable bonds is 7. The van der Waals surface area contributed by atoms with Crippen molar-refractivity contribution in [3.8, 4) is 17.2 Å².